The van der Waals surface area contributed by atoms with E-state index in [-0.39, 0.29) is 17.8 Å². The normalized spacial score (nSPS) is 32.8. The van der Waals surface area contributed by atoms with Crippen molar-refractivity contribution in [3.8, 4) is 0 Å². The second-order valence-corrected chi connectivity index (χ2v) is 4.69. The summed E-state index contributed by atoms with van der Waals surface area (Å²) in [4.78, 5) is 10.7. The van der Waals surface area contributed by atoms with E-state index in [4.69, 9.17) is 9.84 Å². The average Bonchev–Trinajstić information content (AvgIpc) is 1.96. The second-order valence-electron chi connectivity index (χ2n) is 4.69. The fourth-order valence-electron chi connectivity index (χ4n) is 2.17. The van der Waals surface area contributed by atoms with Crippen molar-refractivity contribution in [3.63, 3.8) is 0 Å². The Labute approximate surface area is 79.1 Å². The van der Waals surface area contributed by atoms with Gasteiger partial charge in [0.15, 0.2) is 0 Å². The molecule has 3 heteroatoms. The van der Waals surface area contributed by atoms with E-state index in [1.54, 1.807) is 0 Å². The van der Waals surface area contributed by atoms with Gasteiger partial charge < -0.3 is 9.84 Å². The molecular weight excluding hydrogens is 168 g/mol. The molecule has 3 nitrogen and oxygen atoms in total. The molecule has 1 aliphatic rings. The van der Waals surface area contributed by atoms with E-state index in [1.165, 1.54) is 0 Å². The predicted octanol–water partition coefficient (Wildman–Crippen LogP) is 1.77. The van der Waals surface area contributed by atoms with Gasteiger partial charge in [-0.15, -0.1) is 0 Å². The topological polar surface area (TPSA) is 46.5 Å². The maximum atomic E-state index is 10.7. The minimum atomic E-state index is -0.702. The van der Waals surface area contributed by atoms with Crippen LogP contribution in [0.2, 0.25) is 0 Å². The number of rotatable bonds is 2. The molecule has 2 atom stereocenters. The predicted molar refractivity (Wildman–Crippen MR) is 49.5 cm³/mol. The monoisotopic (exact) mass is 186 g/mol. The highest BCUT2D eigenvalue weighted by atomic mass is 16.5. The molecule has 0 radical (unpaired) electrons. The minimum Gasteiger partial charge on any atom is -0.481 e. The van der Waals surface area contributed by atoms with Gasteiger partial charge in [-0.2, -0.15) is 0 Å². The van der Waals surface area contributed by atoms with E-state index in [0.717, 1.165) is 0 Å². The van der Waals surface area contributed by atoms with Crippen LogP contribution in [-0.2, 0) is 9.53 Å². The third-order valence-electron chi connectivity index (χ3n) is 2.94. The van der Waals surface area contributed by atoms with Crippen molar-refractivity contribution in [2.75, 3.05) is 13.2 Å². The maximum absolute atomic E-state index is 10.7. The highest BCUT2D eigenvalue weighted by Gasteiger charge is 2.38. The molecule has 0 aromatic rings. The van der Waals surface area contributed by atoms with E-state index in [9.17, 15) is 4.79 Å². The number of hydrogen-bond acceptors (Lipinski definition) is 2. The van der Waals surface area contributed by atoms with Gasteiger partial charge in [-0.05, 0) is 17.3 Å². The van der Waals surface area contributed by atoms with Crippen LogP contribution in [0.25, 0.3) is 0 Å². The van der Waals surface area contributed by atoms with Gasteiger partial charge in [-0.25, -0.2) is 0 Å². The van der Waals surface area contributed by atoms with Crippen LogP contribution in [0.1, 0.15) is 27.2 Å². The van der Waals surface area contributed by atoms with E-state index < -0.39 is 5.97 Å². The largest absolute Gasteiger partial charge is 0.481 e. The van der Waals surface area contributed by atoms with E-state index in [1.807, 2.05) is 0 Å². The van der Waals surface area contributed by atoms with Gasteiger partial charge in [-0.1, -0.05) is 20.8 Å². The summed E-state index contributed by atoms with van der Waals surface area (Å²) in [7, 11) is 0. The van der Waals surface area contributed by atoms with Crippen molar-refractivity contribution in [2.45, 2.75) is 27.2 Å². The molecule has 0 bridgehead atoms. The Morgan fingerprint density at radius 2 is 2.23 bits per heavy atom. The number of ether oxygens (including phenoxy) is 1. The number of carboxylic acids is 1. The van der Waals surface area contributed by atoms with Crippen LogP contribution in [0.15, 0.2) is 0 Å². The van der Waals surface area contributed by atoms with Gasteiger partial charge >= 0.3 is 5.97 Å². The number of carbonyl (C=O) groups is 1. The standard InChI is InChI=1S/C10H18O3/c1-7-5-13-6-10(2,3)8(7)4-9(11)12/h7-8H,4-6H2,1-3H3,(H,11,12). The lowest BCUT2D eigenvalue weighted by molar-refractivity contribution is -0.143. The molecule has 13 heavy (non-hydrogen) atoms. The highest BCUT2D eigenvalue weighted by Crippen LogP contribution is 2.39. The van der Waals surface area contributed by atoms with Gasteiger partial charge in [0, 0.05) is 13.0 Å². The van der Waals surface area contributed by atoms with Crippen LogP contribution in [0.4, 0.5) is 0 Å². The molecule has 0 aliphatic carbocycles. The van der Waals surface area contributed by atoms with Gasteiger partial charge in [0.25, 0.3) is 0 Å². The first-order chi connectivity index (χ1) is 5.93. The van der Waals surface area contributed by atoms with Crippen LogP contribution in [0.5, 0.6) is 0 Å². The quantitative estimate of drug-likeness (QED) is 0.715. The molecule has 76 valence electrons. The van der Waals surface area contributed by atoms with Crippen LogP contribution < -0.4 is 0 Å². The number of aliphatic carboxylic acids is 1. The zero-order valence-corrected chi connectivity index (χ0v) is 8.54. The first-order valence-corrected chi connectivity index (χ1v) is 4.73. The Bertz CT molecular complexity index is 198. The summed E-state index contributed by atoms with van der Waals surface area (Å²) in [6.07, 6.45) is 0.261. The summed E-state index contributed by atoms with van der Waals surface area (Å²) in [5.74, 6) is -0.120. The van der Waals surface area contributed by atoms with E-state index in [0.29, 0.717) is 19.1 Å². The Morgan fingerprint density at radius 1 is 1.62 bits per heavy atom. The van der Waals surface area contributed by atoms with Crippen molar-refractivity contribution >= 4 is 5.97 Å². The van der Waals surface area contributed by atoms with Crippen LogP contribution >= 0.6 is 0 Å². The summed E-state index contributed by atoms with van der Waals surface area (Å²) in [6, 6.07) is 0. The molecule has 1 heterocycles. The highest BCUT2D eigenvalue weighted by molar-refractivity contribution is 5.67. The molecule has 1 saturated heterocycles. The van der Waals surface area contributed by atoms with Crippen molar-refractivity contribution in [3.05, 3.63) is 0 Å². The number of carboxylic acid groups (broad SMARTS) is 1. The molecule has 0 amide bonds. The lowest BCUT2D eigenvalue weighted by Crippen LogP contribution is -2.41. The zero-order valence-electron chi connectivity index (χ0n) is 8.54. The average molecular weight is 186 g/mol. The first kappa shape index (κ1) is 10.5. The molecule has 0 aromatic carbocycles. The summed E-state index contributed by atoms with van der Waals surface area (Å²) in [5.41, 5.74) is -0.00391. The molecule has 2 unspecified atom stereocenters. The lowest BCUT2D eigenvalue weighted by Gasteiger charge is -2.41. The van der Waals surface area contributed by atoms with Gasteiger partial charge in [0.1, 0.15) is 0 Å². The summed E-state index contributed by atoms with van der Waals surface area (Å²) >= 11 is 0. The van der Waals surface area contributed by atoms with Gasteiger partial charge in [0.2, 0.25) is 0 Å². The Hall–Kier alpha value is -0.570. The molecule has 1 fully saturated rings. The van der Waals surface area contributed by atoms with Crippen LogP contribution in [0.3, 0.4) is 0 Å². The molecule has 0 spiro atoms. The van der Waals surface area contributed by atoms with E-state index in [2.05, 4.69) is 20.8 Å². The molecule has 0 aromatic heterocycles. The Morgan fingerprint density at radius 3 is 2.69 bits per heavy atom. The summed E-state index contributed by atoms with van der Waals surface area (Å²) in [5, 5.41) is 8.77. The van der Waals surface area contributed by atoms with Gasteiger partial charge in [-0.3, -0.25) is 4.79 Å². The lowest BCUT2D eigenvalue weighted by atomic mass is 9.70. The fraction of sp³-hybridized carbons (Fsp3) is 0.900. The molecular formula is C10H18O3. The summed E-state index contributed by atoms with van der Waals surface area (Å²) < 4.78 is 5.42. The third kappa shape index (κ3) is 2.44. The van der Waals surface area contributed by atoms with Crippen molar-refractivity contribution in [1.29, 1.82) is 0 Å². The minimum absolute atomic E-state index is 0.00391. The fourth-order valence-corrected chi connectivity index (χ4v) is 2.17. The molecule has 1 N–H and O–H groups in total. The maximum Gasteiger partial charge on any atom is 0.303 e. The van der Waals surface area contributed by atoms with Crippen molar-refractivity contribution in [1.82, 2.24) is 0 Å². The first-order valence-electron chi connectivity index (χ1n) is 4.73. The second kappa shape index (κ2) is 3.66. The van der Waals surface area contributed by atoms with Gasteiger partial charge in [0.05, 0.1) is 6.61 Å². The molecule has 1 aliphatic heterocycles. The van der Waals surface area contributed by atoms with Crippen LogP contribution in [0, 0.1) is 17.3 Å². The molecule has 0 saturated carbocycles. The van der Waals surface area contributed by atoms with E-state index >= 15 is 0 Å². The third-order valence-corrected chi connectivity index (χ3v) is 2.94. The number of hydrogen-bond donors (Lipinski definition) is 1. The van der Waals surface area contributed by atoms with Crippen molar-refractivity contribution < 1.29 is 14.6 Å². The summed E-state index contributed by atoms with van der Waals surface area (Å²) in [6.45, 7) is 7.59. The van der Waals surface area contributed by atoms with Crippen LogP contribution in [-0.4, -0.2) is 24.3 Å². The Balaban J connectivity index is 2.68. The van der Waals surface area contributed by atoms with Crippen molar-refractivity contribution in [2.24, 2.45) is 17.3 Å². The zero-order chi connectivity index (χ0) is 10.1. The molecule has 1 rings (SSSR count). The Kier molecular flexibility index (Phi) is 2.96. The smallest absolute Gasteiger partial charge is 0.303 e. The SMILES string of the molecule is CC1COCC(C)(C)C1CC(=O)O.